The minimum Gasteiger partial charge on any atom is -0.377 e. The van der Waals surface area contributed by atoms with E-state index in [-0.39, 0.29) is 11.9 Å². The lowest BCUT2D eigenvalue weighted by molar-refractivity contribution is 0.570. The third kappa shape index (κ3) is 2.39. The van der Waals surface area contributed by atoms with Crippen LogP contribution in [0, 0.1) is 5.82 Å². The summed E-state index contributed by atoms with van der Waals surface area (Å²) in [5, 5.41) is 7.74. The van der Waals surface area contributed by atoms with Crippen molar-refractivity contribution in [3.8, 4) is 0 Å². The lowest BCUT2D eigenvalue weighted by Gasteiger charge is -2.25. The van der Waals surface area contributed by atoms with Crippen LogP contribution in [0.25, 0.3) is 0 Å². The third-order valence-electron chi connectivity index (χ3n) is 3.63. The molecule has 0 aliphatic heterocycles. The molecule has 100 valence electrons. The van der Waals surface area contributed by atoms with E-state index in [0.717, 1.165) is 29.4 Å². The number of nitrogens with one attached hydrogen (secondary N) is 1. The maximum absolute atomic E-state index is 13.3. The quantitative estimate of drug-likeness (QED) is 0.910. The monoisotopic (exact) mass is 323 g/mol. The number of halogens is 2. The first kappa shape index (κ1) is 12.7. The Balaban J connectivity index is 1.90. The van der Waals surface area contributed by atoms with E-state index in [1.807, 2.05) is 17.9 Å². The molecule has 1 aromatic heterocycles. The summed E-state index contributed by atoms with van der Waals surface area (Å²) in [6.07, 6.45) is 5.15. The zero-order valence-electron chi connectivity index (χ0n) is 10.7. The topological polar surface area (TPSA) is 29.9 Å². The van der Waals surface area contributed by atoms with Crippen LogP contribution in [0.2, 0.25) is 0 Å². The highest BCUT2D eigenvalue weighted by Gasteiger charge is 2.23. The minimum absolute atomic E-state index is 0.204. The Hall–Kier alpha value is -1.36. The van der Waals surface area contributed by atoms with E-state index in [1.54, 1.807) is 6.07 Å². The molecule has 2 aromatic rings. The average molecular weight is 324 g/mol. The van der Waals surface area contributed by atoms with Gasteiger partial charge in [0.25, 0.3) is 0 Å². The molecule has 1 heterocycles. The van der Waals surface area contributed by atoms with Crippen LogP contribution in [-0.2, 0) is 13.5 Å². The summed E-state index contributed by atoms with van der Waals surface area (Å²) in [5.41, 5.74) is 3.29. The van der Waals surface area contributed by atoms with Gasteiger partial charge in [-0.2, -0.15) is 5.10 Å². The SMILES string of the molecule is Cn1ncc2c1CCCC2Nc1cc(F)ccc1Br. The Morgan fingerprint density at radius 2 is 2.32 bits per heavy atom. The second-order valence-electron chi connectivity index (χ2n) is 4.88. The van der Waals surface area contributed by atoms with E-state index in [4.69, 9.17) is 0 Å². The Bertz CT molecular complexity index is 609. The molecule has 0 bridgehead atoms. The Kier molecular flexibility index (Phi) is 3.31. The molecule has 0 radical (unpaired) electrons. The predicted octanol–water partition coefficient (Wildman–Crippen LogP) is 3.81. The molecule has 0 saturated carbocycles. The fourth-order valence-corrected chi connectivity index (χ4v) is 3.01. The van der Waals surface area contributed by atoms with E-state index >= 15 is 0 Å². The van der Waals surface area contributed by atoms with Crippen LogP contribution < -0.4 is 5.32 Å². The van der Waals surface area contributed by atoms with Crippen molar-refractivity contribution in [1.82, 2.24) is 9.78 Å². The van der Waals surface area contributed by atoms with Gasteiger partial charge in [-0.05, 0) is 53.4 Å². The zero-order chi connectivity index (χ0) is 13.4. The molecular weight excluding hydrogens is 309 g/mol. The molecule has 0 fully saturated rings. The first-order valence-corrected chi connectivity index (χ1v) is 7.17. The van der Waals surface area contributed by atoms with Crippen LogP contribution in [0.15, 0.2) is 28.9 Å². The number of rotatable bonds is 2. The van der Waals surface area contributed by atoms with Crippen molar-refractivity contribution in [2.75, 3.05) is 5.32 Å². The largest absolute Gasteiger partial charge is 0.377 e. The summed E-state index contributed by atoms with van der Waals surface area (Å²) in [6.45, 7) is 0. The highest BCUT2D eigenvalue weighted by atomic mass is 79.9. The smallest absolute Gasteiger partial charge is 0.125 e. The minimum atomic E-state index is -0.229. The molecular formula is C14H15BrFN3. The van der Waals surface area contributed by atoms with Gasteiger partial charge in [0, 0.05) is 22.8 Å². The van der Waals surface area contributed by atoms with Crippen LogP contribution in [-0.4, -0.2) is 9.78 Å². The second-order valence-corrected chi connectivity index (χ2v) is 5.74. The van der Waals surface area contributed by atoms with Crippen molar-refractivity contribution in [3.05, 3.63) is 45.9 Å². The highest BCUT2D eigenvalue weighted by molar-refractivity contribution is 9.10. The Morgan fingerprint density at radius 3 is 3.16 bits per heavy atom. The number of fused-ring (bicyclic) bond motifs is 1. The predicted molar refractivity (Wildman–Crippen MR) is 76.6 cm³/mol. The molecule has 5 heteroatoms. The highest BCUT2D eigenvalue weighted by Crippen LogP contribution is 2.34. The fourth-order valence-electron chi connectivity index (χ4n) is 2.65. The molecule has 1 atom stereocenters. The molecule has 3 nitrogen and oxygen atoms in total. The number of hydrogen-bond donors (Lipinski definition) is 1. The van der Waals surface area contributed by atoms with Crippen LogP contribution in [0.3, 0.4) is 0 Å². The maximum atomic E-state index is 13.3. The maximum Gasteiger partial charge on any atom is 0.125 e. The van der Waals surface area contributed by atoms with Crippen molar-refractivity contribution < 1.29 is 4.39 Å². The van der Waals surface area contributed by atoms with Gasteiger partial charge in [-0.3, -0.25) is 4.68 Å². The Labute approximate surface area is 119 Å². The zero-order valence-corrected chi connectivity index (χ0v) is 12.2. The lowest BCUT2D eigenvalue weighted by atomic mass is 9.93. The van der Waals surface area contributed by atoms with Crippen molar-refractivity contribution in [1.29, 1.82) is 0 Å². The van der Waals surface area contributed by atoms with Crippen LogP contribution >= 0.6 is 15.9 Å². The molecule has 1 aromatic carbocycles. The van der Waals surface area contributed by atoms with E-state index < -0.39 is 0 Å². The van der Waals surface area contributed by atoms with Crippen molar-refractivity contribution in [2.24, 2.45) is 7.05 Å². The molecule has 0 spiro atoms. The number of aryl methyl sites for hydroxylation is 1. The van der Waals surface area contributed by atoms with Crippen LogP contribution in [0.4, 0.5) is 10.1 Å². The second kappa shape index (κ2) is 4.96. The normalized spacial score (nSPS) is 18.2. The molecule has 1 unspecified atom stereocenters. The van der Waals surface area contributed by atoms with Gasteiger partial charge in [-0.25, -0.2) is 4.39 Å². The third-order valence-corrected chi connectivity index (χ3v) is 4.33. The summed E-state index contributed by atoms with van der Waals surface area (Å²) in [4.78, 5) is 0. The van der Waals surface area contributed by atoms with Crippen LogP contribution in [0.1, 0.15) is 30.1 Å². The first-order chi connectivity index (χ1) is 9.15. The van der Waals surface area contributed by atoms with Crippen molar-refractivity contribution in [3.63, 3.8) is 0 Å². The van der Waals surface area contributed by atoms with E-state index in [2.05, 4.69) is 26.3 Å². The molecule has 1 aliphatic rings. The molecule has 19 heavy (non-hydrogen) atoms. The van der Waals surface area contributed by atoms with Gasteiger partial charge >= 0.3 is 0 Å². The van der Waals surface area contributed by atoms with Crippen molar-refractivity contribution in [2.45, 2.75) is 25.3 Å². The van der Waals surface area contributed by atoms with E-state index in [1.165, 1.54) is 23.4 Å². The van der Waals surface area contributed by atoms with Gasteiger partial charge < -0.3 is 5.32 Å². The average Bonchev–Trinajstić information content (AvgIpc) is 2.77. The number of benzene rings is 1. The van der Waals surface area contributed by atoms with E-state index in [9.17, 15) is 4.39 Å². The van der Waals surface area contributed by atoms with Crippen LogP contribution in [0.5, 0.6) is 0 Å². The molecule has 0 saturated heterocycles. The Morgan fingerprint density at radius 1 is 1.47 bits per heavy atom. The van der Waals surface area contributed by atoms with Gasteiger partial charge in [-0.1, -0.05) is 0 Å². The van der Waals surface area contributed by atoms with Gasteiger partial charge in [0.15, 0.2) is 0 Å². The summed E-state index contributed by atoms with van der Waals surface area (Å²) < 4.78 is 16.1. The van der Waals surface area contributed by atoms with Crippen molar-refractivity contribution >= 4 is 21.6 Å². The summed E-state index contributed by atoms with van der Waals surface area (Å²) in [6, 6.07) is 4.90. The van der Waals surface area contributed by atoms with Gasteiger partial charge in [0.05, 0.1) is 17.9 Å². The molecule has 1 N–H and O–H groups in total. The fraction of sp³-hybridized carbons (Fsp3) is 0.357. The standard InChI is InChI=1S/C14H15BrFN3/c1-19-14-4-2-3-12(10(14)8-17-19)18-13-7-9(16)5-6-11(13)15/h5-8,12,18H,2-4H2,1H3. The number of hydrogen-bond acceptors (Lipinski definition) is 2. The van der Waals surface area contributed by atoms with Gasteiger partial charge in [0.2, 0.25) is 0 Å². The molecule has 3 rings (SSSR count). The number of aromatic nitrogens is 2. The van der Waals surface area contributed by atoms with E-state index in [0.29, 0.717) is 0 Å². The number of anilines is 1. The molecule has 0 amide bonds. The number of nitrogens with zero attached hydrogens (tertiary/aromatic N) is 2. The molecule has 1 aliphatic carbocycles. The first-order valence-electron chi connectivity index (χ1n) is 6.37. The summed E-state index contributed by atoms with van der Waals surface area (Å²) in [7, 11) is 1.97. The van der Waals surface area contributed by atoms with Gasteiger partial charge in [-0.15, -0.1) is 0 Å². The summed E-state index contributed by atoms with van der Waals surface area (Å²) >= 11 is 3.45. The summed E-state index contributed by atoms with van der Waals surface area (Å²) in [5.74, 6) is -0.229. The lowest BCUT2D eigenvalue weighted by Crippen LogP contribution is -2.18. The van der Waals surface area contributed by atoms with Gasteiger partial charge in [0.1, 0.15) is 5.82 Å².